The lowest BCUT2D eigenvalue weighted by Gasteiger charge is -2.17. The van der Waals surface area contributed by atoms with Crippen LogP contribution in [0.4, 0.5) is 10.2 Å². The molecule has 0 aliphatic carbocycles. The molecule has 1 N–H and O–H groups in total. The summed E-state index contributed by atoms with van der Waals surface area (Å²) < 4.78 is 13.5. The van der Waals surface area contributed by atoms with Crippen molar-refractivity contribution in [2.75, 3.05) is 24.6 Å². The lowest BCUT2D eigenvalue weighted by Crippen LogP contribution is -2.22. The van der Waals surface area contributed by atoms with Gasteiger partial charge in [-0.2, -0.15) is 4.98 Å². The lowest BCUT2D eigenvalue weighted by molar-refractivity contribution is 0.263. The van der Waals surface area contributed by atoms with E-state index in [1.165, 1.54) is 0 Å². The standard InChI is InChI=1S/C10H13ClFN3O/c11-10-13-5-8(12)9(14-10)15-3-1-7(6-15)2-4-16/h5,7,16H,1-4,6H2. The highest BCUT2D eigenvalue weighted by molar-refractivity contribution is 6.28. The van der Waals surface area contributed by atoms with Gasteiger partial charge in [-0.25, -0.2) is 9.37 Å². The van der Waals surface area contributed by atoms with Crippen molar-refractivity contribution in [1.29, 1.82) is 0 Å². The molecule has 1 aromatic heterocycles. The maximum atomic E-state index is 13.5. The molecule has 2 heterocycles. The summed E-state index contributed by atoms with van der Waals surface area (Å²) in [4.78, 5) is 9.32. The summed E-state index contributed by atoms with van der Waals surface area (Å²) in [5.74, 6) is 0.215. The van der Waals surface area contributed by atoms with Crippen molar-refractivity contribution in [2.24, 2.45) is 5.92 Å². The van der Waals surface area contributed by atoms with Gasteiger partial charge in [-0.05, 0) is 30.4 Å². The number of aromatic nitrogens is 2. The highest BCUT2D eigenvalue weighted by atomic mass is 35.5. The SMILES string of the molecule is OCCC1CCN(c2nc(Cl)ncc2F)C1. The van der Waals surface area contributed by atoms with Crippen molar-refractivity contribution in [3.8, 4) is 0 Å². The molecule has 16 heavy (non-hydrogen) atoms. The smallest absolute Gasteiger partial charge is 0.224 e. The molecular weight excluding hydrogens is 233 g/mol. The van der Waals surface area contributed by atoms with Gasteiger partial charge in [0, 0.05) is 19.7 Å². The molecule has 6 heteroatoms. The van der Waals surface area contributed by atoms with Crippen molar-refractivity contribution < 1.29 is 9.50 Å². The van der Waals surface area contributed by atoms with Gasteiger partial charge >= 0.3 is 0 Å². The van der Waals surface area contributed by atoms with Gasteiger partial charge in [0.2, 0.25) is 5.28 Å². The lowest BCUT2D eigenvalue weighted by atomic mass is 10.1. The van der Waals surface area contributed by atoms with Crippen LogP contribution in [0.15, 0.2) is 6.20 Å². The number of aliphatic hydroxyl groups is 1. The number of halogens is 2. The van der Waals surface area contributed by atoms with E-state index in [1.54, 1.807) is 0 Å². The number of aliphatic hydroxyl groups excluding tert-OH is 1. The van der Waals surface area contributed by atoms with Gasteiger partial charge in [-0.15, -0.1) is 0 Å². The minimum atomic E-state index is -0.450. The monoisotopic (exact) mass is 245 g/mol. The van der Waals surface area contributed by atoms with Crippen molar-refractivity contribution in [3.63, 3.8) is 0 Å². The Hall–Kier alpha value is -0.940. The van der Waals surface area contributed by atoms with E-state index in [4.69, 9.17) is 16.7 Å². The van der Waals surface area contributed by atoms with E-state index in [0.29, 0.717) is 12.5 Å². The highest BCUT2D eigenvalue weighted by Crippen LogP contribution is 2.26. The van der Waals surface area contributed by atoms with Gasteiger partial charge in [-0.1, -0.05) is 0 Å². The van der Waals surface area contributed by atoms with E-state index in [9.17, 15) is 4.39 Å². The second-order valence-corrected chi connectivity index (χ2v) is 4.26. The van der Waals surface area contributed by atoms with Crippen LogP contribution in [0, 0.1) is 11.7 Å². The van der Waals surface area contributed by atoms with Gasteiger partial charge in [0.1, 0.15) is 0 Å². The van der Waals surface area contributed by atoms with Crippen LogP contribution in [-0.4, -0.2) is 34.8 Å². The largest absolute Gasteiger partial charge is 0.396 e. The third-order valence-electron chi connectivity index (χ3n) is 2.82. The quantitative estimate of drug-likeness (QED) is 0.820. The molecule has 0 spiro atoms. The summed E-state index contributed by atoms with van der Waals surface area (Å²) in [5, 5.41) is 8.90. The van der Waals surface area contributed by atoms with Crippen LogP contribution in [0.25, 0.3) is 0 Å². The maximum absolute atomic E-state index is 13.5. The number of nitrogens with zero attached hydrogens (tertiary/aromatic N) is 3. The Balaban J connectivity index is 2.11. The molecule has 1 atom stereocenters. The fourth-order valence-corrected chi connectivity index (χ4v) is 2.13. The van der Waals surface area contributed by atoms with Gasteiger partial charge in [-0.3, -0.25) is 0 Å². The molecule has 1 unspecified atom stereocenters. The Labute approximate surface area is 98.1 Å². The maximum Gasteiger partial charge on any atom is 0.224 e. The van der Waals surface area contributed by atoms with Crippen molar-refractivity contribution in [2.45, 2.75) is 12.8 Å². The Morgan fingerprint density at radius 2 is 2.44 bits per heavy atom. The predicted molar refractivity (Wildman–Crippen MR) is 59.0 cm³/mol. The molecule has 0 radical (unpaired) electrons. The molecule has 1 aliphatic heterocycles. The molecule has 2 rings (SSSR count). The molecule has 88 valence electrons. The van der Waals surface area contributed by atoms with E-state index in [2.05, 4.69) is 9.97 Å². The van der Waals surface area contributed by atoms with Gasteiger partial charge in [0.25, 0.3) is 0 Å². The number of anilines is 1. The van der Waals surface area contributed by atoms with E-state index in [-0.39, 0.29) is 17.7 Å². The van der Waals surface area contributed by atoms with Gasteiger partial charge < -0.3 is 10.0 Å². The van der Waals surface area contributed by atoms with Crippen LogP contribution in [0.5, 0.6) is 0 Å². The van der Waals surface area contributed by atoms with E-state index >= 15 is 0 Å². The first-order valence-corrected chi connectivity index (χ1v) is 5.62. The fraction of sp³-hybridized carbons (Fsp3) is 0.600. The normalized spacial score (nSPS) is 20.4. The number of hydrogen-bond acceptors (Lipinski definition) is 4. The summed E-state index contributed by atoms with van der Waals surface area (Å²) in [6.45, 7) is 1.63. The van der Waals surface area contributed by atoms with Crippen LogP contribution in [-0.2, 0) is 0 Å². The summed E-state index contributed by atoms with van der Waals surface area (Å²) in [7, 11) is 0. The second-order valence-electron chi connectivity index (χ2n) is 3.92. The molecule has 1 fully saturated rings. The summed E-state index contributed by atoms with van der Waals surface area (Å²) in [6.07, 6.45) is 2.78. The zero-order valence-electron chi connectivity index (χ0n) is 8.74. The first kappa shape index (κ1) is 11.5. The zero-order valence-corrected chi connectivity index (χ0v) is 9.49. The average molecular weight is 246 g/mol. The molecule has 0 saturated carbocycles. The first-order valence-electron chi connectivity index (χ1n) is 5.24. The Morgan fingerprint density at radius 1 is 1.62 bits per heavy atom. The minimum absolute atomic E-state index is 0.0574. The molecule has 0 aromatic carbocycles. The first-order chi connectivity index (χ1) is 7.70. The topological polar surface area (TPSA) is 49.2 Å². The summed E-state index contributed by atoms with van der Waals surface area (Å²) >= 11 is 5.64. The van der Waals surface area contributed by atoms with Crippen LogP contribution in [0.1, 0.15) is 12.8 Å². The Kier molecular flexibility index (Phi) is 3.56. The number of hydrogen-bond donors (Lipinski definition) is 1. The van der Waals surface area contributed by atoms with Gasteiger partial charge in [0.15, 0.2) is 11.6 Å². The Morgan fingerprint density at radius 3 is 3.19 bits per heavy atom. The number of rotatable bonds is 3. The molecule has 4 nitrogen and oxygen atoms in total. The molecule has 0 amide bonds. The van der Waals surface area contributed by atoms with E-state index < -0.39 is 5.82 Å². The minimum Gasteiger partial charge on any atom is -0.396 e. The third kappa shape index (κ3) is 2.41. The van der Waals surface area contributed by atoms with E-state index in [1.807, 2.05) is 4.90 Å². The van der Waals surface area contributed by atoms with E-state index in [0.717, 1.165) is 25.6 Å². The highest BCUT2D eigenvalue weighted by Gasteiger charge is 2.25. The zero-order chi connectivity index (χ0) is 11.5. The second kappa shape index (κ2) is 4.93. The fourth-order valence-electron chi connectivity index (χ4n) is 2.00. The predicted octanol–water partition coefficient (Wildman–Crippen LogP) is 1.48. The van der Waals surface area contributed by atoms with Crippen molar-refractivity contribution in [3.05, 3.63) is 17.3 Å². The molecule has 0 bridgehead atoms. The van der Waals surface area contributed by atoms with Crippen molar-refractivity contribution in [1.82, 2.24) is 9.97 Å². The van der Waals surface area contributed by atoms with Gasteiger partial charge in [0.05, 0.1) is 6.20 Å². The van der Waals surface area contributed by atoms with Crippen LogP contribution in [0.2, 0.25) is 5.28 Å². The Bertz CT molecular complexity index is 377. The van der Waals surface area contributed by atoms with Crippen LogP contribution < -0.4 is 4.90 Å². The van der Waals surface area contributed by atoms with Crippen LogP contribution >= 0.6 is 11.6 Å². The average Bonchev–Trinajstić information content (AvgIpc) is 2.71. The summed E-state index contributed by atoms with van der Waals surface area (Å²) in [5.41, 5.74) is 0. The summed E-state index contributed by atoms with van der Waals surface area (Å²) in [6, 6.07) is 0. The third-order valence-corrected chi connectivity index (χ3v) is 3.00. The molecule has 1 saturated heterocycles. The molecular formula is C10H13ClFN3O. The molecule has 1 aromatic rings. The van der Waals surface area contributed by atoms with Crippen LogP contribution in [0.3, 0.4) is 0 Å². The molecule has 1 aliphatic rings. The van der Waals surface area contributed by atoms with Crippen molar-refractivity contribution >= 4 is 17.4 Å².